The van der Waals surface area contributed by atoms with Crippen LogP contribution in [0.2, 0.25) is 0 Å². The highest BCUT2D eigenvalue weighted by Gasteiger charge is 2.34. The second-order valence-electron chi connectivity index (χ2n) is 3.68. The Balaban J connectivity index is 2.59. The molecule has 1 fully saturated rings. The minimum Gasteiger partial charge on any atom is -0.386 e. The summed E-state index contributed by atoms with van der Waals surface area (Å²) in [6.45, 7) is 7.62. The second kappa shape index (κ2) is 3.27. The zero-order valence-electron chi connectivity index (χ0n) is 7.50. The highest BCUT2D eigenvalue weighted by Crippen LogP contribution is 2.19. The standard InChI is InChI=1S/C9H15NO2/c1-5(2)4-7-8(11)6(3)9(12)10-7/h5,7-8,11H,3-4H2,1-2H3,(H,10,12). The summed E-state index contributed by atoms with van der Waals surface area (Å²) in [7, 11) is 0. The van der Waals surface area contributed by atoms with E-state index in [0.717, 1.165) is 6.42 Å². The van der Waals surface area contributed by atoms with Gasteiger partial charge in [-0.25, -0.2) is 0 Å². The molecule has 2 atom stereocenters. The van der Waals surface area contributed by atoms with E-state index in [-0.39, 0.29) is 11.9 Å². The summed E-state index contributed by atoms with van der Waals surface area (Å²) < 4.78 is 0. The van der Waals surface area contributed by atoms with Crippen molar-refractivity contribution in [2.75, 3.05) is 0 Å². The maximum atomic E-state index is 11.0. The molecular formula is C9H15NO2. The van der Waals surface area contributed by atoms with Crippen LogP contribution in [0.3, 0.4) is 0 Å². The highest BCUT2D eigenvalue weighted by atomic mass is 16.3. The molecule has 3 heteroatoms. The number of nitrogens with one attached hydrogen (secondary N) is 1. The first-order valence-electron chi connectivity index (χ1n) is 4.20. The van der Waals surface area contributed by atoms with Crippen LogP contribution in [0, 0.1) is 5.92 Å². The third-order valence-electron chi connectivity index (χ3n) is 2.07. The van der Waals surface area contributed by atoms with E-state index in [2.05, 4.69) is 25.7 Å². The Kier molecular flexibility index (Phi) is 2.52. The summed E-state index contributed by atoms with van der Waals surface area (Å²) in [5.74, 6) is 0.254. The van der Waals surface area contributed by atoms with Crippen LogP contribution in [0.1, 0.15) is 20.3 Å². The van der Waals surface area contributed by atoms with Gasteiger partial charge in [0.15, 0.2) is 0 Å². The van der Waals surface area contributed by atoms with Crippen LogP contribution in [0.25, 0.3) is 0 Å². The van der Waals surface area contributed by atoms with Crippen molar-refractivity contribution in [2.24, 2.45) is 5.92 Å². The normalized spacial score (nSPS) is 29.7. The topological polar surface area (TPSA) is 49.3 Å². The Morgan fingerprint density at radius 3 is 2.58 bits per heavy atom. The van der Waals surface area contributed by atoms with Crippen LogP contribution >= 0.6 is 0 Å². The maximum absolute atomic E-state index is 11.0. The van der Waals surface area contributed by atoms with E-state index in [4.69, 9.17) is 0 Å². The summed E-state index contributed by atoms with van der Waals surface area (Å²) in [6.07, 6.45) is 0.103. The number of aliphatic hydroxyl groups is 1. The quantitative estimate of drug-likeness (QED) is 0.589. The molecule has 1 aliphatic rings. The molecule has 0 saturated carbocycles. The van der Waals surface area contributed by atoms with Crippen molar-refractivity contribution in [2.45, 2.75) is 32.4 Å². The van der Waals surface area contributed by atoms with E-state index in [1.54, 1.807) is 0 Å². The molecule has 12 heavy (non-hydrogen) atoms. The largest absolute Gasteiger partial charge is 0.386 e. The van der Waals surface area contributed by atoms with Gasteiger partial charge in [-0.15, -0.1) is 0 Å². The Morgan fingerprint density at radius 2 is 2.25 bits per heavy atom. The molecule has 1 saturated heterocycles. The number of hydrogen-bond donors (Lipinski definition) is 2. The fourth-order valence-electron chi connectivity index (χ4n) is 1.41. The van der Waals surface area contributed by atoms with Gasteiger partial charge in [0.25, 0.3) is 0 Å². The molecule has 1 heterocycles. The summed E-state index contributed by atoms with van der Waals surface area (Å²) in [6, 6.07) is -0.134. The van der Waals surface area contributed by atoms with Gasteiger partial charge in [-0.1, -0.05) is 20.4 Å². The number of rotatable bonds is 2. The van der Waals surface area contributed by atoms with Gasteiger partial charge >= 0.3 is 0 Å². The molecule has 0 aromatic carbocycles. The van der Waals surface area contributed by atoms with Gasteiger partial charge in [0.2, 0.25) is 5.91 Å². The lowest BCUT2D eigenvalue weighted by atomic mass is 9.99. The van der Waals surface area contributed by atoms with Crippen LogP contribution in [0.4, 0.5) is 0 Å². The first-order chi connectivity index (χ1) is 5.52. The van der Waals surface area contributed by atoms with Crippen LogP contribution in [-0.4, -0.2) is 23.2 Å². The van der Waals surface area contributed by atoms with Crippen molar-refractivity contribution in [1.82, 2.24) is 5.32 Å². The molecule has 0 aromatic rings. The van der Waals surface area contributed by atoms with Crippen LogP contribution in [0.5, 0.6) is 0 Å². The third-order valence-corrected chi connectivity index (χ3v) is 2.07. The molecule has 0 aromatic heterocycles. The van der Waals surface area contributed by atoms with Gasteiger partial charge in [0.1, 0.15) is 6.10 Å². The average Bonchev–Trinajstić information content (AvgIpc) is 2.17. The molecule has 3 nitrogen and oxygen atoms in total. The monoisotopic (exact) mass is 169 g/mol. The van der Waals surface area contributed by atoms with Gasteiger partial charge in [-0.05, 0) is 12.3 Å². The lowest BCUT2D eigenvalue weighted by Crippen LogP contribution is -2.32. The molecule has 0 aliphatic carbocycles. The number of aliphatic hydroxyl groups excluding tert-OH is 1. The minimum atomic E-state index is -0.695. The Bertz CT molecular complexity index is 211. The highest BCUT2D eigenvalue weighted by molar-refractivity contribution is 5.96. The van der Waals surface area contributed by atoms with E-state index in [9.17, 15) is 9.90 Å². The van der Waals surface area contributed by atoms with Gasteiger partial charge in [0.05, 0.1) is 6.04 Å². The summed E-state index contributed by atoms with van der Waals surface area (Å²) in [4.78, 5) is 11.0. The van der Waals surface area contributed by atoms with Crippen molar-refractivity contribution in [3.05, 3.63) is 12.2 Å². The molecule has 1 amide bonds. The Labute approximate surface area is 72.5 Å². The smallest absolute Gasteiger partial charge is 0.249 e. The van der Waals surface area contributed by atoms with Crippen molar-refractivity contribution in [3.63, 3.8) is 0 Å². The fraction of sp³-hybridized carbons (Fsp3) is 0.667. The summed E-state index contributed by atoms with van der Waals surface area (Å²) in [5.41, 5.74) is 0.292. The molecule has 2 N–H and O–H groups in total. The van der Waals surface area contributed by atoms with Gasteiger partial charge in [-0.2, -0.15) is 0 Å². The van der Waals surface area contributed by atoms with E-state index in [1.165, 1.54) is 0 Å². The van der Waals surface area contributed by atoms with Gasteiger partial charge in [0, 0.05) is 5.57 Å². The predicted molar refractivity (Wildman–Crippen MR) is 46.5 cm³/mol. The third kappa shape index (κ3) is 1.67. The zero-order valence-corrected chi connectivity index (χ0v) is 7.50. The molecule has 0 spiro atoms. The second-order valence-corrected chi connectivity index (χ2v) is 3.68. The zero-order chi connectivity index (χ0) is 9.30. The molecule has 1 rings (SSSR count). The number of hydrogen-bond acceptors (Lipinski definition) is 2. The minimum absolute atomic E-state index is 0.134. The molecule has 0 bridgehead atoms. The molecule has 68 valence electrons. The lowest BCUT2D eigenvalue weighted by Gasteiger charge is -2.15. The van der Waals surface area contributed by atoms with Crippen LogP contribution in [0.15, 0.2) is 12.2 Å². The Hall–Kier alpha value is -0.830. The average molecular weight is 169 g/mol. The van der Waals surface area contributed by atoms with E-state index >= 15 is 0 Å². The molecule has 0 radical (unpaired) electrons. The van der Waals surface area contributed by atoms with Crippen LogP contribution < -0.4 is 5.32 Å². The first kappa shape index (κ1) is 9.26. The summed E-state index contributed by atoms with van der Waals surface area (Å²) in [5, 5.41) is 12.2. The lowest BCUT2D eigenvalue weighted by molar-refractivity contribution is -0.116. The van der Waals surface area contributed by atoms with E-state index < -0.39 is 6.10 Å². The van der Waals surface area contributed by atoms with Crippen molar-refractivity contribution in [3.8, 4) is 0 Å². The number of carbonyl (C=O) groups excluding carboxylic acids is 1. The SMILES string of the molecule is C=C1C(=O)NC(CC(C)C)C1O. The van der Waals surface area contributed by atoms with Crippen molar-refractivity contribution in [1.29, 1.82) is 0 Å². The van der Waals surface area contributed by atoms with E-state index in [0.29, 0.717) is 11.5 Å². The fourth-order valence-corrected chi connectivity index (χ4v) is 1.41. The molecular weight excluding hydrogens is 154 g/mol. The maximum Gasteiger partial charge on any atom is 0.249 e. The predicted octanol–water partition coefficient (Wildman–Crippen LogP) is 0.448. The van der Waals surface area contributed by atoms with Crippen LogP contribution in [-0.2, 0) is 4.79 Å². The molecule has 2 unspecified atom stereocenters. The Morgan fingerprint density at radius 1 is 1.67 bits per heavy atom. The number of carbonyl (C=O) groups is 1. The van der Waals surface area contributed by atoms with Crippen molar-refractivity contribution >= 4 is 5.91 Å². The molecule has 1 aliphatic heterocycles. The van der Waals surface area contributed by atoms with Gasteiger partial charge < -0.3 is 10.4 Å². The van der Waals surface area contributed by atoms with Crippen molar-refractivity contribution < 1.29 is 9.90 Å². The van der Waals surface area contributed by atoms with E-state index in [1.807, 2.05) is 0 Å². The number of amides is 1. The first-order valence-corrected chi connectivity index (χ1v) is 4.20. The van der Waals surface area contributed by atoms with Gasteiger partial charge in [-0.3, -0.25) is 4.79 Å². The summed E-state index contributed by atoms with van der Waals surface area (Å²) >= 11 is 0.